The number of anilines is 1. The number of carbonyl (C=O) groups excluding carboxylic acids is 1. The van der Waals surface area contributed by atoms with Gasteiger partial charge in [-0.05, 0) is 19.1 Å². The highest BCUT2D eigenvalue weighted by atomic mass is 32.1. The van der Waals surface area contributed by atoms with Crippen molar-refractivity contribution in [2.24, 2.45) is 0 Å². The Labute approximate surface area is 117 Å². The van der Waals surface area contributed by atoms with Crippen molar-refractivity contribution in [1.29, 1.82) is 0 Å². The number of aromatic nitrogens is 1. The molecular weight excluding hydrogens is 258 g/mol. The van der Waals surface area contributed by atoms with Crippen LogP contribution in [0.3, 0.4) is 0 Å². The van der Waals surface area contributed by atoms with Gasteiger partial charge >= 0.3 is 0 Å². The minimum absolute atomic E-state index is 0.0490. The van der Waals surface area contributed by atoms with Crippen LogP contribution in [0.4, 0.5) is 5.69 Å². The molecule has 0 fully saturated rings. The predicted octanol–water partition coefficient (Wildman–Crippen LogP) is 2.32. The van der Waals surface area contributed by atoms with Gasteiger partial charge in [0, 0.05) is 25.8 Å². The Balaban J connectivity index is 1.79. The quantitative estimate of drug-likeness (QED) is 0.911. The number of thiazole rings is 1. The fourth-order valence-corrected chi connectivity index (χ4v) is 2.40. The van der Waals surface area contributed by atoms with E-state index in [2.05, 4.69) is 15.2 Å². The summed E-state index contributed by atoms with van der Waals surface area (Å²) in [4.78, 5) is 18.7. The lowest BCUT2D eigenvalue weighted by atomic mass is 10.3. The van der Waals surface area contributed by atoms with Crippen molar-refractivity contribution in [1.82, 2.24) is 10.3 Å². The number of carbonyl (C=O) groups is 1. The summed E-state index contributed by atoms with van der Waals surface area (Å²) in [5, 5.41) is 3.81. The van der Waals surface area contributed by atoms with Gasteiger partial charge in [0.2, 0.25) is 0 Å². The molecule has 4 nitrogen and oxygen atoms in total. The molecule has 0 saturated heterocycles. The number of nitrogens with zero attached hydrogens (tertiary/aromatic N) is 2. The number of para-hydroxylation sites is 1. The summed E-state index contributed by atoms with van der Waals surface area (Å²) < 4.78 is 0. The molecule has 0 atom stereocenters. The van der Waals surface area contributed by atoms with Crippen LogP contribution < -0.4 is 10.2 Å². The van der Waals surface area contributed by atoms with Crippen LogP contribution in [-0.4, -0.2) is 31.0 Å². The van der Waals surface area contributed by atoms with Gasteiger partial charge in [0.15, 0.2) is 0 Å². The van der Waals surface area contributed by atoms with E-state index in [0.29, 0.717) is 11.4 Å². The number of aryl methyl sites for hydroxylation is 1. The van der Waals surface area contributed by atoms with E-state index in [1.54, 1.807) is 6.20 Å². The van der Waals surface area contributed by atoms with Gasteiger partial charge in [0.05, 0.1) is 11.2 Å². The van der Waals surface area contributed by atoms with Crippen molar-refractivity contribution < 1.29 is 4.79 Å². The Morgan fingerprint density at radius 1 is 1.37 bits per heavy atom. The van der Waals surface area contributed by atoms with E-state index < -0.39 is 0 Å². The van der Waals surface area contributed by atoms with E-state index in [0.717, 1.165) is 17.2 Å². The van der Waals surface area contributed by atoms with Crippen LogP contribution in [0.25, 0.3) is 0 Å². The first-order chi connectivity index (χ1) is 9.16. The number of amides is 1. The molecule has 2 rings (SSSR count). The van der Waals surface area contributed by atoms with Gasteiger partial charge in [-0.2, -0.15) is 0 Å². The molecule has 1 amide bonds. The summed E-state index contributed by atoms with van der Waals surface area (Å²) in [6.45, 7) is 3.28. The van der Waals surface area contributed by atoms with Crippen molar-refractivity contribution in [3.63, 3.8) is 0 Å². The Morgan fingerprint density at radius 3 is 2.74 bits per heavy atom. The summed E-state index contributed by atoms with van der Waals surface area (Å²) in [6, 6.07) is 10.1. The highest BCUT2D eigenvalue weighted by molar-refractivity contribution is 7.13. The van der Waals surface area contributed by atoms with E-state index in [1.165, 1.54) is 11.3 Å². The summed E-state index contributed by atoms with van der Waals surface area (Å²) in [5.74, 6) is -0.0490. The topological polar surface area (TPSA) is 45.2 Å². The number of hydrogen-bond acceptors (Lipinski definition) is 4. The first-order valence-corrected chi connectivity index (χ1v) is 6.95. The third-order valence-corrected chi connectivity index (χ3v) is 3.69. The zero-order chi connectivity index (χ0) is 13.7. The van der Waals surface area contributed by atoms with Crippen molar-refractivity contribution in [3.05, 3.63) is 46.4 Å². The lowest BCUT2D eigenvalue weighted by Crippen LogP contribution is -2.32. The van der Waals surface area contributed by atoms with Gasteiger partial charge in [-0.1, -0.05) is 18.2 Å². The Kier molecular flexibility index (Phi) is 4.52. The van der Waals surface area contributed by atoms with E-state index in [9.17, 15) is 4.79 Å². The van der Waals surface area contributed by atoms with E-state index >= 15 is 0 Å². The Morgan fingerprint density at radius 2 is 2.11 bits per heavy atom. The van der Waals surface area contributed by atoms with E-state index in [-0.39, 0.29) is 5.91 Å². The molecule has 1 N–H and O–H groups in total. The van der Waals surface area contributed by atoms with Crippen LogP contribution in [0.2, 0.25) is 0 Å². The average Bonchev–Trinajstić information content (AvgIpc) is 2.86. The second-order valence-electron chi connectivity index (χ2n) is 4.26. The molecule has 100 valence electrons. The monoisotopic (exact) mass is 275 g/mol. The van der Waals surface area contributed by atoms with Gasteiger partial charge in [0.25, 0.3) is 5.91 Å². The van der Waals surface area contributed by atoms with Crippen LogP contribution >= 0.6 is 11.3 Å². The van der Waals surface area contributed by atoms with Crippen molar-refractivity contribution in [2.45, 2.75) is 6.92 Å². The fraction of sp³-hybridized carbons (Fsp3) is 0.286. The predicted molar refractivity (Wildman–Crippen MR) is 78.9 cm³/mol. The molecule has 1 aromatic heterocycles. The van der Waals surface area contributed by atoms with E-state index in [4.69, 9.17) is 0 Å². The molecule has 0 aliphatic heterocycles. The molecule has 5 heteroatoms. The normalized spacial score (nSPS) is 10.2. The molecule has 0 bridgehead atoms. The minimum Gasteiger partial charge on any atom is -0.373 e. The van der Waals surface area contributed by atoms with Crippen LogP contribution in [0, 0.1) is 6.92 Å². The molecule has 0 aliphatic rings. The molecule has 19 heavy (non-hydrogen) atoms. The zero-order valence-electron chi connectivity index (χ0n) is 11.1. The molecule has 2 aromatic rings. The highest BCUT2D eigenvalue weighted by Crippen LogP contribution is 2.11. The smallest absolute Gasteiger partial charge is 0.263 e. The second kappa shape index (κ2) is 6.33. The van der Waals surface area contributed by atoms with Crippen molar-refractivity contribution in [3.8, 4) is 0 Å². The summed E-state index contributed by atoms with van der Waals surface area (Å²) in [6.07, 6.45) is 1.62. The Hall–Kier alpha value is -1.88. The minimum atomic E-state index is -0.0490. The lowest BCUT2D eigenvalue weighted by molar-refractivity contribution is 0.0958. The van der Waals surface area contributed by atoms with Crippen molar-refractivity contribution >= 4 is 22.9 Å². The molecule has 1 aromatic carbocycles. The first-order valence-electron chi connectivity index (χ1n) is 6.13. The van der Waals surface area contributed by atoms with E-state index in [1.807, 2.05) is 44.3 Å². The summed E-state index contributed by atoms with van der Waals surface area (Å²) in [5.41, 5.74) is 1.14. The molecule has 0 spiro atoms. The number of hydrogen-bond donors (Lipinski definition) is 1. The number of rotatable bonds is 5. The van der Waals surface area contributed by atoms with Gasteiger partial charge < -0.3 is 10.2 Å². The molecule has 0 aliphatic carbocycles. The first kappa shape index (κ1) is 13.5. The van der Waals surface area contributed by atoms with Crippen LogP contribution in [-0.2, 0) is 0 Å². The van der Waals surface area contributed by atoms with Crippen LogP contribution in [0.1, 0.15) is 14.7 Å². The fourth-order valence-electron chi connectivity index (χ4n) is 1.70. The molecular formula is C14H17N3OS. The summed E-state index contributed by atoms with van der Waals surface area (Å²) in [7, 11) is 2.01. The second-order valence-corrected chi connectivity index (χ2v) is 5.49. The Bertz CT molecular complexity index is 539. The number of nitrogens with one attached hydrogen (secondary N) is 1. The summed E-state index contributed by atoms with van der Waals surface area (Å²) >= 11 is 1.41. The maximum absolute atomic E-state index is 11.8. The SMILES string of the molecule is Cc1ncc(C(=O)NCCN(C)c2ccccc2)s1. The molecule has 0 radical (unpaired) electrons. The van der Waals surface area contributed by atoms with Gasteiger partial charge in [-0.25, -0.2) is 4.98 Å². The third-order valence-electron chi connectivity index (χ3n) is 2.77. The number of benzene rings is 1. The highest BCUT2D eigenvalue weighted by Gasteiger charge is 2.08. The standard InChI is InChI=1S/C14H17N3OS/c1-11-16-10-13(19-11)14(18)15-8-9-17(2)12-6-4-3-5-7-12/h3-7,10H,8-9H2,1-2H3,(H,15,18). The van der Waals surface area contributed by atoms with Crippen LogP contribution in [0.15, 0.2) is 36.5 Å². The third kappa shape index (κ3) is 3.79. The van der Waals surface area contributed by atoms with Gasteiger partial charge in [0.1, 0.15) is 4.88 Å². The van der Waals surface area contributed by atoms with Crippen LogP contribution in [0.5, 0.6) is 0 Å². The average molecular weight is 275 g/mol. The maximum Gasteiger partial charge on any atom is 0.263 e. The molecule has 0 saturated carbocycles. The number of likely N-dealkylation sites (N-methyl/N-ethyl adjacent to an activating group) is 1. The lowest BCUT2D eigenvalue weighted by Gasteiger charge is -2.19. The maximum atomic E-state index is 11.8. The van der Waals surface area contributed by atoms with Gasteiger partial charge in [-0.3, -0.25) is 4.79 Å². The zero-order valence-corrected chi connectivity index (χ0v) is 11.9. The molecule has 0 unspecified atom stereocenters. The molecule has 1 heterocycles. The van der Waals surface area contributed by atoms with Gasteiger partial charge in [-0.15, -0.1) is 11.3 Å². The largest absolute Gasteiger partial charge is 0.373 e. The van der Waals surface area contributed by atoms with Crippen molar-refractivity contribution in [2.75, 3.05) is 25.0 Å².